The summed E-state index contributed by atoms with van der Waals surface area (Å²) in [4.78, 5) is 30.2. The summed E-state index contributed by atoms with van der Waals surface area (Å²) >= 11 is 0. The second-order valence-electron chi connectivity index (χ2n) is 8.70. The molecule has 0 atom stereocenters. The fourth-order valence-corrected chi connectivity index (χ4v) is 3.82. The second-order valence-corrected chi connectivity index (χ2v) is 8.70. The third-order valence-electron chi connectivity index (χ3n) is 5.90. The summed E-state index contributed by atoms with van der Waals surface area (Å²) in [5.74, 6) is -1.68. The van der Waals surface area contributed by atoms with E-state index in [9.17, 15) is 14.0 Å². The van der Waals surface area contributed by atoms with E-state index in [-0.39, 0.29) is 22.7 Å². The molecule has 0 spiro atoms. The lowest BCUT2D eigenvalue weighted by Crippen LogP contribution is -2.28. The van der Waals surface area contributed by atoms with E-state index < -0.39 is 23.4 Å². The van der Waals surface area contributed by atoms with E-state index in [1.54, 1.807) is 18.2 Å². The number of nitrogens with one attached hydrogen (secondary N) is 3. The summed E-state index contributed by atoms with van der Waals surface area (Å²) < 4.78 is 49.8. The highest BCUT2D eigenvalue weighted by Gasteiger charge is 2.20. The Hall–Kier alpha value is -5.23. The van der Waals surface area contributed by atoms with Gasteiger partial charge in [0.05, 0.1) is 26.3 Å². The highest BCUT2D eigenvalue weighted by Crippen LogP contribution is 2.37. The fourth-order valence-electron chi connectivity index (χ4n) is 3.82. The Labute approximate surface area is 240 Å². The molecule has 0 fully saturated rings. The van der Waals surface area contributed by atoms with Crippen molar-refractivity contribution >= 4 is 34.1 Å². The zero-order valence-corrected chi connectivity index (χ0v) is 23.0. The van der Waals surface area contributed by atoms with Crippen LogP contribution in [0, 0.1) is 11.6 Å². The largest absolute Gasteiger partial charge is 0.493 e. The molecular formula is C30H28F2N4O6. The van der Waals surface area contributed by atoms with Gasteiger partial charge in [-0.1, -0.05) is 0 Å². The molecule has 2 amide bonds. The van der Waals surface area contributed by atoms with Gasteiger partial charge in [0.15, 0.2) is 23.1 Å². The lowest BCUT2D eigenvalue weighted by Gasteiger charge is -2.14. The van der Waals surface area contributed by atoms with E-state index in [4.69, 9.17) is 18.9 Å². The third-order valence-corrected chi connectivity index (χ3v) is 5.90. The van der Waals surface area contributed by atoms with Crippen LogP contribution in [0.2, 0.25) is 0 Å². The zero-order chi connectivity index (χ0) is 30.1. The number of aromatic nitrogens is 1. The van der Waals surface area contributed by atoms with E-state index in [0.29, 0.717) is 41.3 Å². The van der Waals surface area contributed by atoms with Crippen molar-refractivity contribution in [2.75, 3.05) is 45.1 Å². The van der Waals surface area contributed by atoms with Crippen molar-refractivity contribution < 1.29 is 37.3 Å². The van der Waals surface area contributed by atoms with E-state index in [1.165, 1.54) is 70.1 Å². The number of methoxy groups -OCH3 is 3. The lowest BCUT2D eigenvalue weighted by molar-refractivity contribution is -0.118. The Morgan fingerprint density at radius 1 is 0.810 bits per heavy atom. The molecule has 0 saturated carbocycles. The number of benzene rings is 3. The van der Waals surface area contributed by atoms with Crippen molar-refractivity contribution in [2.45, 2.75) is 0 Å². The summed E-state index contributed by atoms with van der Waals surface area (Å²) in [6.07, 6.45) is 2.74. The fraction of sp³-hybridized carbons (Fsp3) is 0.167. The number of halogens is 2. The van der Waals surface area contributed by atoms with Gasteiger partial charge >= 0.3 is 0 Å². The van der Waals surface area contributed by atoms with Gasteiger partial charge in [0.2, 0.25) is 0 Å². The zero-order valence-electron chi connectivity index (χ0n) is 23.0. The van der Waals surface area contributed by atoms with Gasteiger partial charge in [-0.2, -0.15) is 0 Å². The SMILES string of the molecule is COCCN/C=C(\C(=O)Nc1ccc(F)cc1)C(=O)Nc1ccc(Oc2ccnc3cc(OC)c(OC)cc23)c(F)c1. The number of fused-ring (bicyclic) bond motifs is 1. The summed E-state index contributed by atoms with van der Waals surface area (Å²) in [5, 5.41) is 8.43. The monoisotopic (exact) mass is 578 g/mol. The number of rotatable bonds is 12. The first-order valence-corrected chi connectivity index (χ1v) is 12.6. The highest BCUT2D eigenvalue weighted by atomic mass is 19.1. The number of carbonyl (C=O) groups is 2. The second kappa shape index (κ2) is 13.9. The van der Waals surface area contributed by atoms with E-state index in [2.05, 4.69) is 20.9 Å². The first kappa shape index (κ1) is 29.7. The molecule has 1 heterocycles. The van der Waals surface area contributed by atoms with Gasteiger partial charge in [-0.15, -0.1) is 0 Å². The Bertz CT molecular complexity index is 1610. The number of amides is 2. The standard InChI is InChI=1S/C30H28F2N4O6/c1-39-13-12-33-17-22(29(37)35-19-6-4-18(31)5-7-19)30(38)36-20-8-9-26(23(32)14-20)42-25-10-11-34-24-16-28(41-3)27(40-2)15-21(24)25/h4-11,14-17,33H,12-13H2,1-3H3,(H,35,37)(H,36,38)/b22-17+. The summed E-state index contributed by atoms with van der Waals surface area (Å²) in [7, 11) is 4.51. The predicted octanol–water partition coefficient (Wildman–Crippen LogP) is 5.02. The van der Waals surface area contributed by atoms with Crippen molar-refractivity contribution in [3.63, 3.8) is 0 Å². The van der Waals surface area contributed by atoms with E-state index in [0.717, 1.165) is 6.07 Å². The van der Waals surface area contributed by atoms with Gasteiger partial charge < -0.3 is 34.9 Å². The van der Waals surface area contributed by atoms with Crippen LogP contribution in [-0.4, -0.2) is 51.3 Å². The minimum absolute atomic E-state index is 0.0771. The molecular weight excluding hydrogens is 550 g/mol. The maximum atomic E-state index is 15.1. The number of anilines is 2. The maximum absolute atomic E-state index is 15.1. The minimum Gasteiger partial charge on any atom is -0.493 e. The first-order valence-electron chi connectivity index (χ1n) is 12.6. The van der Waals surface area contributed by atoms with Gasteiger partial charge in [0.25, 0.3) is 11.8 Å². The molecule has 0 bridgehead atoms. The molecule has 10 nitrogen and oxygen atoms in total. The van der Waals surface area contributed by atoms with Gasteiger partial charge in [-0.25, -0.2) is 8.78 Å². The molecule has 1 aromatic heterocycles. The molecule has 3 aromatic carbocycles. The predicted molar refractivity (Wildman–Crippen MR) is 153 cm³/mol. The molecule has 0 aliphatic rings. The van der Waals surface area contributed by atoms with Crippen LogP contribution < -0.4 is 30.2 Å². The smallest absolute Gasteiger partial charge is 0.262 e. The number of hydrogen-bond acceptors (Lipinski definition) is 8. The van der Waals surface area contributed by atoms with Crippen LogP contribution in [0.25, 0.3) is 10.9 Å². The summed E-state index contributed by atoms with van der Waals surface area (Å²) in [5.41, 5.74) is 0.605. The Balaban J connectivity index is 1.52. The topological polar surface area (TPSA) is 120 Å². The molecule has 0 radical (unpaired) electrons. The molecule has 4 rings (SSSR count). The van der Waals surface area contributed by atoms with Crippen molar-refractivity contribution in [1.29, 1.82) is 0 Å². The molecule has 218 valence electrons. The van der Waals surface area contributed by atoms with Crippen LogP contribution in [-0.2, 0) is 14.3 Å². The Morgan fingerprint density at radius 3 is 2.14 bits per heavy atom. The third kappa shape index (κ3) is 7.29. The Kier molecular flexibility index (Phi) is 9.85. The summed E-state index contributed by atoms with van der Waals surface area (Å²) in [6, 6.07) is 13.8. The number of carbonyl (C=O) groups excluding carboxylic acids is 2. The van der Waals surface area contributed by atoms with E-state index >= 15 is 4.39 Å². The van der Waals surface area contributed by atoms with Crippen LogP contribution in [0.3, 0.4) is 0 Å². The van der Waals surface area contributed by atoms with Gasteiger partial charge in [-0.05, 0) is 48.5 Å². The lowest BCUT2D eigenvalue weighted by atomic mass is 10.1. The van der Waals surface area contributed by atoms with Crippen LogP contribution in [0.4, 0.5) is 20.2 Å². The molecule has 0 aliphatic carbocycles. The van der Waals surface area contributed by atoms with Crippen LogP contribution in [0.15, 0.2) is 78.6 Å². The van der Waals surface area contributed by atoms with Crippen LogP contribution >= 0.6 is 0 Å². The maximum Gasteiger partial charge on any atom is 0.262 e. The number of nitrogens with zero attached hydrogens (tertiary/aromatic N) is 1. The molecule has 12 heteroatoms. The van der Waals surface area contributed by atoms with Crippen molar-refractivity contribution in [3.8, 4) is 23.0 Å². The van der Waals surface area contributed by atoms with Crippen LogP contribution in [0.1, 0.15) is 0 Å². The molecule has 3 N–H and O–H groups in total. The molecule has 0 aliphatic heterocycles. The highest BCUT2D eigenvalue weighted by molar-refractivity contribution is 6.26. The molecule has 4 aromatic rings. The average Bonchev–Trinajstić information content (AvgIpc) is 2.99. The van der Waals surface area contributed by atoms with Crippen molar-refractivity contribution in [3.05, 3.63) is 90.3 Å². The van der Waals surface area contributed by atoms with Gasteiger partial charge in [-0.3, -0.25) is 14.6 Å². The normalized spacial score (nSPS) is 11.1. The average molecular weight is 579 g/mol. The number of pyridine rings is 1. The minimum atomic E-state index is -0.811. The quantitative estimate of drug-likeness (QED) is 0.0928. The number of ether oxygens (including phenoxy) is 4. The van der Waals surface area contributed by atoms with Gasteiger partial charge in [0, 0.05) is 54.9 Å². The molecule has 0 unspecified atom stereocenters. The number of hydrogen-bond donors (Lipinski definition) is 3. The Morgan fingerprint density at radius 2 is 1.48 bits per heavy atom. The summed E-state index contributed by atoms with van der Waals surface area (Å²) in [6.45, 7) is 0.644. The van der Waals surface area contributed by atoms with E-state index in [1.807, 2.05) is 0 Å². The molecule has 42 heavy (non-hydrogen) atoms. The molecule has 0 saturated heterocycles. The van der Waals surface area contributed by atoms with Crippen LogP contribution in [0.5, 0.6) is 23.0 Å². The van der Waals surface area contributed by atoms with Crippen molar-refractivity contribution in [1.82, 2.24) is 10.3 Å². The van der Waals surface area contributed by atoms with Gasteiger partial charge in [0.1, 0.15) is 17.1 Å². The first-order chi connectivity index (χ1) is 20.3. The van der Waals surface area contributed by atoms with Crippen molar-refractivity contribution in [2.24, 2.45) is 0 Å².